The highest BCUT2D eigenvalue weighted by molar-refractivity contribution is 7.89. The van der Waals surface area contributed by atoms with Crippen LogP contribution in [0.25, 0.3) is 10.2 Å². The standard InChI is InChI=1S/C26H26ClN3O4S2/c1-2-20-6-3-4-14-30(20)36(32,33)22-11-8-18(9-12-22)25(31)29(17-21-7-5-15-34-21)26-28-23-13-10-19(27)16-24(23)35-26/h5,7-13,15-16,20H,2-4,6,14,17H2,1H3. The fourth-order valence-electron chi connectivity index (χ4n) is 4.55. The van der Waals surface area contributed by atoms with Crippen LogP contribution in [0, 0.1) is 0 Å². The minimum absolute atomic E-state index is 0.0152. The average molecular weight is 544 g/mol. The Kier molecular flexibility index (Phi) is 7.16. The van der Waals surface area contributed by atoms with E-state index >= 15 is 0 Å². The molecular weight excluding hydrogens is 518 g/mol. The molecule has 0 spiro atoms. The van der Waals surface area contributed by atoms with Crippen LogP contribution in [-0.2, 0) is 16.6 Å². The van der Waals surface area contributed by atoms with Gasteiger partial charge in [0.25, 0.3) is 5.91 Å². The quantitative estimate of drug-likeness (QED) is 0.271. The van der Waals surface area contributed by atoms with Crippen molar-refractivity contribution in [3.05, 3.63) is 77.2 Å². The van der Waals surface area contributed by atoms with E-state index in [2.05, 4.69) is 4.98 Å². The summed E-state index contributed by atoms with van der Waals surface area (Å²) in [5.74, 6) is 0.306. The number of furan rings is 1. The van der Waals surface area contributed by atoms with Crippen molar-refractivity contribution in [2.75, 3.05) is 11.4 Å². The third kappa shape index (κ3) is 4.93. The molecule has 1 fully saturated rings. The van der Waals surface area contributed by atoms with Gasteiger partial charge in [-0.05, 0) is 73.9 Å². The second-order valence-electron chi connectivity index (χ2n) is 8.78. The number of piperidine rings is 1. The van der Waals surface area contributed by atoms with Crippen molar-refractivity contribution in [1.82, 2.24) is 9.29 Å². The molecule has 3 heterocycles. The average Bonchev–Trinajstić information content (AvgIpc) is 3.56. The van der Waals surface area contributed by atoms with Crippen molar-refractivity contribution in [3.8, 4) is 0 Å². The number of hydrogen-bond acceptors (Lipinski definition) is 6. The maximum atomic E-state index is 13.6. The van der Waals surface area contributed by atoms with E-state index in [-0.39, 0.29) is 23.4 Å². The number of halogens is 1. The number of nitrogens with zero attached hydrogens (tertiary/aromatic N) is 3. The highest BCUT2D eigenvalue weighted by Crippen LogP contribution is 2.33. The van der Waals surface area contributed by atoms with Crippen LogP contribution in [0.15, 0.2) is 70.2 Å². The van der Waals surface area contributed by atoms with Gasteiger partial charge in [0.1, 0.15) is 5.76 Å². The molecule has 0 saturated carbocycles. The summed E-state index contributed by atoms with van der Waals surface area (Å²) in [7, 11) is -3.63. The highest BCUT2D eigenvalue weighted by Gasteiger charge is 2.32. The molecule has 2 aromatic carbocycles. The molecule has 7 nitrogen and oxygen atoms in total. The van der Waals surface area contributed by atoms with E-state index in [1.165, 1.54) is 23.5 Å². The first kappa shape index (κ1) is 25.0. The molecule has 1 unspecified atom stereocenters. The van der Waals surface area contributed by atoms with Crippen LogP contribution < -0.4 is 4.90 Å². The summed E-state index contributed by atoms with van der Waals surface area (Å²) in [4.78, 5) is 20.0. The van der Waals surface area contributed by atoms with Gasteiger partial charge in [0.2, 0.25) is 10.0 Å². The van der Waals surface area contributed by atoms with Crippen molar-refractivity contribution in [2.45, 2.75) is 50.1 Å². The fraction of sp³-hybridized carbons (Fsp3) is 0.308. The monoisotopic (exact) mass is 543 g/mol. The van der Waals surface area contributed by atoms with Crippen LogP contribution in [0.4, 0.5) is 5.13 Å². The molecule has 0 radical (unpaired) electrons. The van der Waals surface area contributed by atoms with Gasteiger partial charge in [-0.3, -0.25) is 9.69 Å². The molecule has 5 rings (SSSR count). The zero-order valence-electron chi connectivity index (χ0n) is 19.8. The summed E-state index contributed by atoms with van der Waals surface area (Å²) in [5.41, 5.74) is 1.11. The Morgan fingerprint density at radius 2 is 2.00 bits per heavy atom. The van der Waals surface area contributed by atoms with Crippen LogP contribution in [0.3, 0.4) is 0 Å². The molecule has 10 heteroatoms. The number of benzene rings is 2. The number of carbonyl (C=O) groups excluding carboxylic acids is 1. The topological polar surface area (TPSA) is 83.7 Å². The van der Waals surface area contributed by atoms with Gasteiger partial charge in [-0.1, -0.05) is 36.3 Å². The number of hydrogen-bond donors (Lipinski definition) is 0. The Morgan fingerprint density at radius 3 is 2.72 bits per heavy atom. The molecule has 188 valence electrons. The van der Waals surface area contributed by atoms with Gasteiger partial charge in [0.05, 0.1) is 27.9 Å². The molecule has 1 saturated heterocycles. The van der Waals surface area contributed by atoms with E-state index in [1.54, 1.807) is 45.8 Å². The summed E-state index contributed by atoms with van der Waals surface area (Å²) in [6, 6.07) is 15.1. The molecular formula is C26H26ClN3O4S2. The molecule has 1 amide bonds. The number of rotatable bonds is 7. The van der Waals surface area contributed by atoms with E-state index in [9.17, 15) is 13.2 Å². The van der Waals surface area contributed by atoms with E-state index in [4.69, 9.17) is 16.0 Å². The summed E-state index contributed by atoms with van der Waals surface area (Å²) in [5, 5.41) is 1.10. The zero-order valence-corrected chi connectivity index (χ0v) is 22.2. The van der Waals surface area contributed by atoms with Crippen molar-refractivity contribution >= 4 is 54.2 Å². The Bertz CT molecular complexity index is 1470. The Labute approximate surface area is 219 Å². The fourth-order valence-corrected chi connectivity index (χ4v) is 7.55. The minimum atomic E-state index is -3.63. The summed E-state index contributed by atoms with van der Waals surface area (Å²) >= 11 is 7.50. The molecule has 1 aliphatic rings. The van der Waals surface area contributed by atoms with Crippen LogP contribution >= 0.6 is 22.9 Å². The van der Waals surface area contributed by atoms with Gasteiger partial charge in [-0.25, -0.2) is 13.4 Å². The third-order valence-corrected chi connectivity index (χ3v) is 9.70. The molecule has 0 bridgehead atoms. The number of amides is 1. The first-order chi connectivity index (χ1) is 17.4. The van der Waals surface area contributed by atoms with E-state index < -0.39 is 10.0 Å². The number of aromatic nitrogens is 1. The smallest absolute Gasteiger partial charge is 0.260 e. The SMILES string of the molecule is CCC1CCCCN1S(=O)(=O)c1ccc(C(=O)N(Cc2ccco2)c2nc3ccc(Cl)cc3s2)cc1. The lowest BCUT2D eigenvalue weighted by Crippen LogP contribution is -2.43. The van der Waals surface area contributed by atoms with E-state index in [0.717, 1.165) is 35.9 Å². The predicted molar refractivity (Wildman–Crippen MR) is 142 cm³/mol. The Balaban J connectivity index is 1.45. The van der Waals surface area contributed by atoms with Gasteiger partial charge in [0.15, 0.2) is 5.13 Å². The lowest BCUT2D eigenvalue weighted by atomic mass is 10.0. The van der Waals surface area contributed by atoms with Crippen molar-refractivity contribution in [3.63, 3.8) is 0 Å². The summed E-state index contributed by atoms with van der Waals surface area (Å²) in [6.07, 6.45) is 5.12. The number of fused-ring (bicyclic) bond motifs is 1. The number of carbonyl (C=O) groups is 1. The molecule has 0 N–H and O–H groups in total. The number of anilines is 1. The highest BCUT2D eigenvalue weighted by atomic mass is 35.5. The lowest BCUT2D eigenvalue weighted by Gasteiger charge is -2.34. The molecule has 1 aliphatic heterocycles. The lowest BCUT2D eigenvalue weighted by molar-refractivity contribution is 0.0983. The second kappa shape index (κ2) is 10.3. The minimum Gasteiger partial charge on any atom is -0.467 e. The number of thiazole rings is 1. The first-order valence-electron chi connectivity index (χ1n) is 11.9. The van der Waals surface area contributed by atoms with Gasteiger partial charge in [-0.15, -0.1) is 0 Å². The van der Waals surface area contributed by atoms with Crippen molar-refractivity contribution < 1.29 is 17.6 Å². The van der Waals surface area contributed by atoms with Crippen LogP contribution in [-0.4, -0.2) is 36.2 Å². The summed E-state index contributed by atoms with van der Waals surface area (Å²) in [6.45, 7) is 2.73. The van der Waals surface area contributed by atoms with Crippen LogP contribution in [0.5, 0.6) is 0 Å². The normalized spacial score (nSPS) is 16.9. The Hall–Kier alpha value is -2.72. The maximum absolute atomic E-state index is 13.6. The van der Waals surface area contributed by atoms with Crippen LogP contribution in [0.1, 0.15) is 48.7 Å². The van der Waals surface area contributed by atoms with Gasteiger partial charge in [0, 0.05) is 23.2 Å². The van der Waals surface area contributed by atoms with Gasteiger partial charge < -0.3 is 4.42 Å². The predicted octanol–water partition coefficient (Wildman–Crippen LogP) is 6.34. The van der Waals surface area contributed by atoms with Crippen LogP contribution in [0.2, 0.25) is 5.02 Å². The molecule has 1 atom stereocenters. The van der Waals surface area contributed by atoms with Crippen molar-refractivity contribution in [1.29, 1.82) is 0 Å². The van der Waals surface area contributed by atoms with E-state index in [0.29, 0.717) is 28.0 Å². The molecule has 4 aromatic rings. The van der Waals surface area contributed by atoms with Crippen molar-refractivity contribution in [2.24, 2.45) is 0 Å². The first-order valence-corrected chi connectivity index (χ1v) is 14.5. The number of sulfonamides is 1. The second-order valence-corrected chi connectivity index (χ2v) is 12.1. The molecule has 0 aliphatic carbocycles. The molecule has 2 aromatic heterocycles. The van der Waals surface area contributed by atoms with E-state index in [1.807, 2.05) is 19.1 Å². The van der Waals surface area contributed by atoms with Gasteiger partial charge in [-0.2, -0.15) is 4.31 Å². The van der Waals surface area contributed by atoms with Gasteiger partial charge >= 0.3 is 0 Å². The molecule has 36 heavy (non-hydrogen) atoms. The largest absolute Gasteiger partial charge is 0.467 e. The zero-order chi connectivity index (χ0) is 25.3. The Morgan fingerprint density at radius 1 is 1.19 bits per heavy atom. The summed E-state index contributed by atoms with van der Waals surface area (Å²) < 4.78 is 34.6. The maximum Gasteiger partial charge on any atom is 0.260 e. The third-order valence-electron chi connectivity index (χ3n) is 6.46.